The van der Waals surface area contributed by atoms with E-state index in [9.17, 15) is 9.59 Å². The summed E-state index contributed by atoms with van der Waals surface area (Å²) in [5.41, 5.74) is 2.72. The molecule has 9 heteroatoms. The first kappa shape index (κ1) is 21.3. The van der Waals surface area contributed by atoms with Crippen molar-refractivity contribution in [2.24, 2.45) is 0 Å². The Morgan fingerprint density at radius 3 is 2.53 bits per heavy atom. The highest BCUT2D eigenvalue weighted by Gasteiger charge is 2.19. The summed E-state index contributed by atoms with van der Waals surface area (Å²) in [6, 6.07) is 12.3. The van der Waals surface area contributed by atoms with Crippen LogP contribution in [0.5, 0.6) is 5.75 Å². The molecule has 0 fully saturated rings. The Bertz CT molecular complexity index is 1060. The van der Waals surface area contributed by atoms with Crippen molar-refractivity contribution < 1.29 is 14.3 Å². The summed E-state index contributed by atoms with van der Waals surface area (Å²) in [5, 5.41) is 13.9. The van der Waals surface area contributed by atoms with Gasteiger partial charge in [0.25, 0.3) is 5.91 Å². The summed E-state index contributed by atoms with van der Waals surface area (Å²) >= 11 is 5.99. The quantitative estimate of drug-likeness (QED) is 0.597. The molecule has 0 aliphatic rings. The Balaban J connectivity index is 1.65. The average molecular weight is 428 g/mol. The normalized spacial score (nSPS) is 10.5. The van der Waals surface area contributed by atoms with Gasteiger partial charge in [0.1, 0.15) is 12.3 Å². The molecule has 0 aliphatic carbocycles. The van der Waals surface area contributed by atoms with E-state index in [4.69, 9.17) is 16.3 Å². The number of carbonyl (C=O) groups excluding carboxylic acids is 2. The first-order valence-corrected chi connectivity index (χ1v) is 9.75. The molecule has 3 aromatic rings. The molecule has 0 bridgehead atoms. The maximum atomic E-state index is 12.6. The number of hydrogen-bond donors (Lipinski definition) is 2. The van der Waals surface area contributed by atoms with Gasteiger partial charge in [-0.05, 0) is 62.7 Å². The standard InChI is InChI=1S/C21H22ClN5O3/c1-4-30-17-9-7-16(8-10-17)23-19(28)12-27-14(3)20(25-26-27)21(29)24-18-11-15(22)6-5-13(18)2/h5-11H,4,12H2,1-3H3,(H,23,28)(H,24,29). The second kappa shape index (κ2) is 9.41. The lowest BCUT2D eigenvalue weighted by atomic mass is 10.2. The van der Waals surface area contributed by atoms with Crippen molar-refractivity contribution >= 4 is 34.8 Å². The highest BCUT2D eigenvalue weighted by Crippen LogP contribution is 2.21. The zero-order valence-corrected chi connectivity index (χ0v) is 17.7. The van der Waals surface area contributed by atoms with Crippen LogP contribution in [0.1, 0.15) is 28.7 Å². The van der Waals surface area contributed by atoms with Crippen LogP contribution in [0, 0.1) is 13.8 Å². The fraction of sp³-hybridized carbons (Fsp3) is 0.238. The van der Waals surface area contributed by atoms with Gasteiger partial charge in [0.05, 0.1) is 12.3 Å². The van der Waals surface area contributed by atoms with Crippen LogP contribution in [-0.4, -0.2) is 33.4 Å². The summed E-state index contributed by atoms with van der Waals surface area (Å²) in [6.45, 7) is 5.95. The Morgan fingerprint density at radius 1 is 1.10 bits per heavy atom. The molecular formula is C21H22ClN5O3. The third kappa shape index (κ3) is 5.15. The van der Waals surface area contributed by atoms with E-state index in [0.717, 1.165) is 11.3 Å². The summed E-state index contributed by atoms with van der Waals surface area (Å²) in [7, 11) is 0. The van der Waals surface area contributed by atoms with Crippen molar-refractivity contribution in [3.05, 3.63) is 64.4 Å². The number of rotatable bonds is 7. The summed E-state index contributed by atoms with van der Waals surface area (Å²) in [6.07, 6.45) is 0. The van der Waals surface area contributed by atoms with Gasteiger partial charge in [-0.3, -0.25) is 9.59 Å². The predicted molar refractivity (Wildman–Crippen MR) is 115 cm³/mol. The van der Waals surface area contributed by atoms with Crippen LogP contribution >= 0.6 is 11.6 Å². The lowest BCUT2D eigenvalue weighted by Gasteiger charge is -2.09. The number of hydrogen-bond acceptors (Lipinski definition) is 5. The maximum absolute atomic E-state index is 12.6. The van der Waals surface area contributed by atoms with Gasteiger partial charge in [-0.15, -0.1) is 5.10 Å². The number of amides is 2. The largest absolute Gasteiger partial charge is 0.494 e. The third-order valence-corrected chi connectivity index (χ3v) is 4.62. The number of nitrogens with one attached hydrogen (secondary N) is 2. The number of nitrogens with zero attached hydrogens (tertiary/aromatic N) is 3. The molecule has 0 atom stereocenters. The number of aromatic nitrogens is 3. The minimum Gasteiger partial charge on any atom is -0.494 e. The molecule has 0 unspecified atom stereocenters. The first-order valence-electron chi connectivity index (χ1n) is 9.37. The molecule has 2 N–H and O–H groups in total. The third-order valence-electron chi connectivity index (χ3n) is 4.39. The number of benzene rings is 2. The zero-order chi connectivity index (χ0) is 21.7. The van der Waals surface area contributed by atoms with Crippen LogP contribution in [0.4, 0.5) is 11.4 Å². The Kier molecular flexibility index (Phi) is 6.68. The van der Waals surface area contributed by atoms with E-state index in [-0.39, 0.29) is 18.1 Å². The zero-order valence-electron chi connectivity index (χ0n) is 16.9. The highest BCUT2D eigenvalue weighted by atomic mass is 35.5. The Labute approximate surface area is 179 Å². The van der Waals surface area contributed by atoms with Crippen molar-refractivity contribution in [2.45, 2.75) is 27.3 Å². The molecule has 156 valence electrons. The molecule has 30 heavy (non-hydrogen) atoms. The van der Waals surface area contributed by atoms with Crippen LogP contribution in [0.25, 0.3) is 0 Å². The predicted octanol–water partition coefficient (Wildman–Crippen LogP) is 3.84. The van der Waals surface area contributed by atoms with Gasteiger partial charge in [0.15, 0.2) is 5.69 Å². The summed E-state index contributed by atoms with van der Waals surface area (Å²) < 4.78 is 6.76. The van der Waals surface area contributed by atoms with Crippen LogP contribution in [0.15, 0.2) is 42.5 Å². The van der Waals surface area contributed by atoms with Crippen molar-refractivity contribution in [1.29, 1.82) is 0 Å². The van der Waals surface area contributed by atoms with E-state index in [1.54, 1.807) is 43.3 Å². The lowest BCUT2D eigenvalue weighted by molar-refractivity contribution is -0.117. The van der Waals surface area contributed by atoms with Gasteiger partial charge in [-0.1, -0.05) is 22.9 Å². The average Bonchev–Trinajstić information content (AvgIpc) is 3.07. The molecule has 2 aromatic carbocycles. The van der Waals surface area contributed by atoms with E-state index in [1.165, 1.54) is 4.68 Å². The van der Waals surface area contributed by atoms with Gasteiger partial charge >= 0.3 is 0 Å². The second-order valence-corrected chi connectivity index (χ2v) is 7.04. The van der Waals surface area contributed by atoms with Crippen molar-refractivity contribution in [3.63, 3.8) is 0 Å². The van der Waals surface area contributed by atoms with E-state index in [0.29, 0.717) is 28.7 Å². The first-order chi connectivity index (χ1) is 14.4. The number of aryl methyl sites for hydroxylation is 1. The van der Waals surface area contributed by atoms with Crippen LogP contribution in [0.3, 0.4) is 0 Å². The Morgan fingerprint density at radius 2 is 1.83 bits per heavy atom. The van der Waals surface area contributed by atoms with E-state index >= 15 is 0 Å². The minimum absolute atomic E-state index is 0.0739. The van der Waals surface area contributed by atoms with Gasteiger partial charge < -0.3 is 15.4 Å². The van der Waals surface area contributed by atoms with Gasteiger partial charge in [-0.25, -0.2) is 4.68 Å². The molecule has 0 radical (unpaired) electrons. The smallest absolute Gasteiger partial charge is 0.278 e. The molecule has 0 saturated heterocycles. The number of halogens is 1. The number of anilines is 2. The van der Waals surface area contributed by atoms with Crippen molar-refractivity contribution in [2.75, 3.05) is 17.2 Å². The van der Waals surface area contributed by atoms with Crippen molar-refractivity contribution in [1.82, 2.24) is 15.0 Å². The van der Waals surface area contributed by atoms with Crippen LogP contribution < -0.4 is 15.4 Å². The fourth-order valence-electron chi connectivity index (χ4n) is 2.77. The van der Waals surface area contributed by atoms with E-state index < -0.39 is 5.91 Å². The summed E-state index contributed by atoms with van der Waals surface area (Å²) in [5.74, 6) is 0.0223. The fourth-order valence-corrected chi connectivity index (χ4v) is 2.94. The monoisotopic (exact) mass is 427 g/mol. The maximum Gasteiger partial charge on any atom is 0.278 e. The molecule has 3 rings (SSSR count). The Hall–Kier alpha value is -3.39. The van der Waals surface area contributed by atoms with Crippen LogP contribution in [0.2, 0.25) is 5.02 Å². The topological polar surface area (TPSA) is 98.1 Å². The molecule has 1 heterocycles. The molecule has 1 aromatic heterocycles. The van der Waals surface area contributed by atoms with Gasteiger partial charge in [0.2, 0.25) is 5.91 Å². The second-order valence-electron chi connectivity index (χ2n) is 6.60. The number of ether oxygens (including phenoxy) is 1. The molecule has 0 aliphatic heterocycles. The SMILES string of the molecule is CCOc1ccc(NC(=O)Cn2nnc(C(=O)Nc3cc(Cl)ccc3C)c2C)cc1. The summed E-state index contributed by atoms with van der Waals surface area (Å²) in [4.78, 5) is 24.9. The molecule has 2 amide bonds. The number of carbonyl (C=O) groups is 2. The van der Waals surface area contributed by atoms with Crippen LogP contribution in [-0.2, 0) is 11.3 Å². The van der Waals surface area contributed by atoms with E-state index in [1.807, 2.05) is 19.9 Å². The van der Waals surface area contributed by atoms with Crippen molar-refractivity contribution in [3.8, 4) is 5.75 Å². The molecular weight excluding hydrogens is 406 g/mol. The van der Waals surface area contributed by atoms with E-state index in [2.05, 4.69) is 20.9 Å². The highest BCUT2D eigenvalue weighted by molar-refractivity contribution is 6.31. The van der Waals surface area contributed by atoms with Gasteiger partial charge in [0, 0.05) is 16.4 Å². The molecule has 8 nitrogen and oxygen atoms in total. The van der Waals surface area contributed by atoms with Gasteiger partial charge in [-0.2, -0.15) is 0 Å². The lowest BCUT2D eigenvalue weighted by Crippen LogP contribution is -2.21. The minimum atomic E-state index is -0.420. The molecule has 0 saturated carbocycles. The molecule has 0 spiro atoms.